The van der Waals surface area contributed by atoms with Crippen LogP contribution in [0.4, 0.5) is 39.5 Å². The molecule has 168 valence electrons. The third-order valence-electron chi connectivity index (χ3n) is 4.14. The number of nitrogens with zero attached hydrogens (tertiary/aromatic N) is 1. The monoisotopic (exact) mass is 467 g/mol. The molecule has 0 aromatic rings. The first-order chi connectivity index (χ1) is 12.7. The molecular weight excluding hydrogens is 457 g/mol. The number of amides is 1. The molecule has 0 aliphatic heterocycles. The Balaban J connectivity index is 4.00. The van der Waals surface area contributed by atoms with Crippen LogP contribution in [0.3, 0.4) is 0 Å². The highest BCUT2D eigenvalue weighted by atomic mass is 32.2. The zero-order valence-corrected chi connectivity index (χ0v) is 14.5. The molecule has 0 spiro atoms. The molecule has 1 fully saturated rings. The van der Waals surface area contributed by atoms with E-state index in [2.05, 4.69) is 0 Å². The van der Waals surface area contributed by atoms with Crippen molar-refractivity contribution < 1.29 is 66.9 Å². The second kappa shape index (κ2) is 7.41. The summed E-state index contributed by atoms with van der Waals surface area (Å²) in [6, 6.07) is 0. The molecule has 7 nitrogen and oxygen atoms in total. The fourth-order valence-corrected chi connectivity index (χ4v) is 4.19. The summed E-state index contributed by atoms with van der Waals surface area (Å²) in [5, 5.41) is 0. The Morgan fingerprint density at radius 3 is 1.69 bits per heavy atom. The second-order valence-electron chi connectivity index (χ2n) is 5.96. The van der Waals surface area contributed by atoms with Crippen LogP contribution in [0.25, 0.3) is 0 Å². The highest BCUT2D eigenvalue weighted by molar-refractivity contribution is 7.84. The van der Waals surface area contributed by atoms with E-state index in [-0.39, 0.29) is 0 Å². The van der Waals surface area contributed by atoms with Crippen molar-refractivity contribution in [2.75, 3.05) is 0 Å². The van der Waals surface area contributed by atoms with Crippen molar-refractivity contribution >= 4 is 27.8 Å². The molecular formula is C12H10F9NO6S. The van der Waals surface area contributed by atoms with Gasteiger partial charge in [0.2, 0.25) is 5.78 Å². The minimum atomic E-state index is -6.70. The minimum Gasteiger partial charge on any atom is -0.289 e. The third-order valence-corrected chi connectivity index (χ3v) is 5.10. The maximum atomic E-state index is 13.1. The van der Waals surface area contributed by atoms with Crippen LogP contribution in [-0.2, 0) is 24.7 Å². The average Bonchev–Trinajstić information content (AvgIpc) is 2.49. The predicted octanol–water partition coefficient (Wildman–Crippen LogP) is 2.37. The van der Waals surface area contributed by atoms with Crippen molar-refractivity contribution in [2.24, 2.45) is 5.92 Å². The lowest BCUT2D eigenvalue weighted by Gasteiger charge is -2.47. The fourth-order valence-electron chi connectivity index (χ4n) is 3.16. The molecule has 2 unspecified atom stereocenters. The van der Waals surface area contributed by atoms with Gasteiger partial charge in [-0.15, -0.1) is 0 Å². The maximum Gasteiger partial charge on any atom is 0.472 e. The Morgan fingerprint density at radius 1 is 0.862 bits per heavy atom. The van der Waals surface area contributed by atoms with E-state index in [1.165, 1.54) is 0 Å². The summed E-state index contributed by atoms with van der Waals surface area (Å²) in [5.74, 6) is -13.8. The van der Waals surface area contributed by atoms with Gasteiger partial charge in [-0.1, -0.05) is 12.8 Å². The number of hydrogen-bond donors (Lipinski definition) is 1. The standard InChI is InChI=1S/C12H10F9NO6S/c13-10(14,15)6(23)5-3-1-2-4-9(5,7(24)11(16,17)18)22(29(26,27)28)8(25)12(19,20)21/h5H,1-4H2,(H,26,27,28). The van der Waals surface area contributed by atoms with Gasteiger partial charge in [0.15, 0.2) is 0 Å². The summed E-state index contributed by atoms with van der Waals surface area (Å²) in [6.07, 6.45) is -22.9. The van der Waals surface area contributed by atoms with Crippen LogP contribution in [0.15, 0.2) is 0 Å². The molecule has 2 atom stereocenters. The molecule has 29 heavy (non-hydrogen) atoms. The lowest BCUT2D eigenvalue weighted by atomic mass is 9.67. The molecule has 0 heterocycles. The molecule has 1 saturated carbocycles. The molecule has 0 aromatic carbocycles. The quantitative estimate of drug-likeness (QED) is 0.503. The fraction of sp³-hybridized carbons (Fsp3) is 0.750. The summed E-state index contributed by atoms with van der Waals surface area (Å²) in [7, 11) is -6.70. The van der Waals surface area contributed by atoms with Crippen molar-refractivity contribution in [1.29, 1.82) is 0 Å². The van der Waals surface area contributed by atoms with Gasteiger partial charge in [0.25, 0.3) is 5.78 Å². The van der Waals surface area contributed by atoms with Gasteiger partial charge in [-0.2, -0.15) is 52.2 Å². The Bertz CT molecular complexity index is 800. The number of hydrogen-bond acceptors (Lipinski definition) is 5. The van der Waals surface area contributed by atoms with E-state index >= 15 is 0 Å². The Labute approximate surface area is 155 Å². The first kappa shape index (κ1) is 25.1. The van der Waals surface area contributed by atoms with Crippen molar-refractivity contribution in [3.63, 3.8) is 0 Å². The normalized spacial score (nSPS) is 24.1. The Morgan fingerprint density at radius 2 is 1.34 bits per heavy atom. The molecule has 1 rings (SSSR count). The molecule has 1 aliphatic carbocycles. The molecule has 0 saturated heterocycles. The summed E-state index contributed by atoms with van der Waals surface area (Å²) in [4.78, 5) is 35.1. The van der Waals surface area contributed by atoms with E-state index in [1.54, 1.807) is 0 Å². The van der Waals surface area contributed by atoms with Gasteiger partial charge < -0.3 is 0 Å². The van der Waals surface area contributed by atoms with E-state index in [1.807, 2.05) is 0 Å². The maximum absolute atomic E-state index is 13.1. The van der Waals surface area contributed by atoms with Gasteiger partial charge in [-0.3, -0.25) is 18.9 Å². The van der Waals surface area contributed by atoms with Gasteiger partial charge in [0, 0.05) is 0 Å². The van der Waals surface area contributed by atoms with Gasteiger partial charge in [-0.05, 0) is 12.8 Å². The van der Waals surface area contributed by atoms with Crippen LogP contribution in [0.2, 0.25) is 0 Å². The first-order valence-electron chi connectivity index (χ1n) is 7.30. The lowest BCUT2D eigenvalue weighted by Crippen LogP contribution is -2.70. The molecule has 1 N–H and O–H groups in total. The topological polar surface area (TPSA) is 109 Å². The zero-order valence-electron chi connectivity index (χ0n) is 13.7. The van der Waals surface area contributed by atoms with Crippen molar-refractivity contribution in [3.05, 3.63) is 0 Å². The summed E-state index contributed by atoms with van der Waals surface area (Å²) in [6.45, 7) is 0. The van der Waals surface area contributed by atoms with Crippen LogP contribution in [-0.4, -0.2) is 58.8 Å². The van der Waals surface area contributed by atoms with E-state index in [9.17, 15) is 62.3 Å². The molecule has 0 bridgehead atoms. The van der Waals surface area contributed by atoms with Gasteiger partial charge in [0.1, 0.15) is 5.54 Å². The second-order valence-corrected chi connectivity index (χ2v) is 7.22. The number of carbonyl (C=O) groups excluding carboxylic acids is 3. The Hall–Kier alpha value is -1.91. The summed E-state index contributed by atoms with van der Waals surface area (Å²) >= 11 is 0. The number of carbonyl (C=O) groups is 3. The smallest absolute Gasteiger partial charge is 0.289 e. The molecule has 17 heteroatoms. The third kappa shape index (κ3) is 4.81. The number of Topliss-reactive ketones (excluding diaryl/α,β-unsaturated/α-hetero) is 2. The molecule has 1 aliphatic rings. The van der Waals surface area contributed by atoms with Crippen LogP contribution < -0.4 is 0 Å². The van der Waals surface area contributed by atoms with Gasteiger partial charge >= 0.3 is 34.7 Å². The number of halogens is 9. The highest BCUT2D eigenvalue weighted by Gasteiger charge is 2.70. The Kier molecular flexibility index (Phi) is 6.42. The van der Waals surface area contributed by atoms with Gasteiger partial charge in [-0.25, -0.2) is 0 Å². The number of rotatable bonds is 4. The molecule has 1 amide bonds. The van der Waals surface area contributed by atoms with Crippen molar-refractivity contribution in [3.8, 4) is 0 Å². The van der Waals surface area contributed by atoms with Crippen molar-refractivity contribution in [1.82, 2.24) is 4.31 Å². The molecule has 0 aromatic heterocycles. The molecule has 0 radical (unpaired) electrons. The SMILES string of the molecule is O=C(C1CCCCC1(C(=O)C(F)(F)F)N(C(=O)C(F)(F)F)S(=O)(=O)O)C(F)(F)F. The van der Waals surface area contributed by atoms with Crippen LogP contribution in [0.5, 0.6) is 0 Å². The van der Waals surface area contributed by atoms with Gasteiger partial charge in [0.05, 0.1) is 5.92 Å². The van der Waals surface area contributed by atoms with E-state index in [0.29, 0.717) is 0 Å². The highest BCUT2D eigenvalue weighted by Crippen LogP contribution is 2.47. The largest absolute Gasteiger partial charge is 0.472 e. The lowest BCUT2D eigenvalue weighted by molar-refractivity contribution is -0.205. The number of alkyl halides is 9. The zero-order chi connectivity index (χ0) is 23.2. The van der Waals surface area contributed by atoms with E-state index in [0.717, 1.165) is 0 Å². The predicted molar refractivity (Wildman–Crippen MR) is 71.3 cm³/mol. The van der Waals surface area contributed by atoms with Crippen LogP contribution >= 0.6 is 0 Å². The number of ketones is 2. The minimum absolute atomic E-state index is 0.515. The van der Waals surface area contributed by atoms with Crippen molar-refractivity contribution in [2.45, 2.75) is 49.8 Å². The summed E-state index contributed by atoms with van der Waals surface area (Å²) in [5.41, 5.74) is -4.51. The van der Waals surface area contributed by atoms with E-state index in [4.69, 9.17) is 4.55 Å². The summed E-state index contributed by atoms with van der Waals surface area (Å²) < 4.78 is 146. The van der Waals surface area contributed by atoms with E-state index < -0.39 is 87.8 Å². The van der Waals surface area contributed by atoms with Crippen LogP contribution in [0, 0.1) is 5.92 Å². The first-order valence-corrected chi connectivity index (χ1v) is 8.70. The van der Waals surface area contributed by atoms with Crippen LogP contribution in [0.1, 0.15) is 25.7 Å². The average molecular weight is 467 g/mol.